The lowest BCUT2D eigenvalue weighted by atomic mass is 9.90. The van der Waals surface area contributed by atoms with Crippen LogP contribution in [0.1, 0.15) is 33.1 Å². The molecule has 0 aromatic carbocycles. The van der Waals surface area contributed by atoms with Crippen molar-refractivity contribution in [2.45, 2.75) is 45.2 Å². The first-order valence-electron chi connectivity index (χ1n) is 7.38. The zero-order valence-corrected chi connectivity index (χ0v) is 11.8. The maximum atomic E-state index is 3.58. The van der Waals surface area contributed by atoms with Gasteiger partial charge >= 0.3 is 0 Å². The van der Waals surface area contributed by atoms with Crippen LogP contribution in [0.4, 0.5) is 0 Å². The Balaban J connectivity index is 1.89. The molecule has 3 rings (SSSR count). The molecule has 3 aliphatic rings. The van der Waals surface area contributed by atoms with Crippen molar-refractivity contribution in [1.29, 1.82) is 0 Å². The molecule has 3 fully saturated rings. The molecule has 0 aromatic rings. The standard InChI is InChI=1S/C14H29N3/c1-4-5-12(2)10-13(15-3)14-11-16-6-8-17(14)9-7-16/h12-15H,4-11H2,1-3H3. The SMILES string of the molecule is CCCC(C)CC(NC)C1CN2CCN1CC2. The first-order valence-corrected chi connectivity index (χ1v) is 7.38. The second-order valence-corrected chi connectivity index (χ2v) is 5.93. The van der Waals surface area contributed by atoms with Gasteiger partial charge in [-0.05, 0) is 19.4 Å². The number of rotatable bonds is 6. The largest absolute Gasteiger partial charge is 0.315 e. The third-order valence-corrected chi connectivity index (χ3v) is 4.59. The first kappa shape index (κ1) is 13.3. The van der Waals surface area contributed by atoms with Crippen molar-refractivity contribution >= 4 is 0 Å². The molecule has 0 aromatic heterocycles. The monoisotopic (exact) mass is 239 g/mol. The molecule has 17 heavy (non-hydrogen) atoms. The topological polar surface area (TPSA) is 18.5 Å². The Bertz CT molecular complexity index is 224. The van der Waals surface area contributed by atoms with E-state index in [4.69, 9.17) is 0 Å². The van der Waals surface area contributed by atoms with Crippen molar-refractivity contribution in [1.82, 2.24) is 15.1 Å². The Morgan fingerprint density at radius 1 is 1.24 bits per heavy atom. The molecule has 1 N–H and O–H groups in total. The summed E-state index contributed by atoms with van der Waals surface area (Å²) in [4.78, 5) is 5.35. The Morgan fingerprint density at radius 3 is 2.41 bits per heavy atom. The maximum absolute atomic E-state index is 3.58. The minimum Gasteiger partial charge on any atom is -0.315 e. The van der Waals surface area contributed by atoms with Gasteiger partial charge in [0, 0.05) is 44.8 Å². The average Bonchev–Trinajstić information content (AvgIpc) is 2.37. The lowest BCUT2D eigenvalue weighted by Crippen LogP contribution is -2.66. The molecule has 3 unspecified atom stereocenters. The van der Waals surface area contributed by atoms with Crippen molar-refractivity contribution in [3.05, 3.63) is 0 Å². The molecule has 0 radical (unpaired) electrons. The molecule has 0 aliphatic carbocycles. The van der Waals surface area contributed by atoms with Crippen molar-refractivity contribution in [3.63, 3.8) is 0 Å². The smallest absolute Gasteiger partial charge is 0.0377 e. The number of piperazine rings is 3. The van der Waals surface area contributed by atoms with Crippen LogP contribution in [0.5, 0.6) is 0 Å². The Morgan fingerprint density at radius 2 is 1.94 bits per heavy atom. The predicted molar refractivity (Wildman–Crippen MR) is 73.3 cm³/mol. The number of likely N-dealkylation sites (N-methyl/N-ethyl adjacent to an activating group) is 1. The van der Waals surface area contributed by atoms with Crippen LogP contribution in [0.2, 0.25) is 0 Å². The van der Waals surface area contributed by atoms with E-state index in [0.29, 0.717) is 6.04 Å². The van der Waals surface area contributed by atoms with Crippen molar-refractivity contribution in [2.24, 2.45) is 5.92 Å². The fourth-order valence-corrected chi connectivity index (χ4v) is 3.55. The summed E-state index contributed by atoms with van der Waals surface area (Å²) in [6.07, 6.45) is 4.02. The minimum atomic E-state index is 0.680. The van der Waals surface area contributed by atoms with Crippen LogP contribution in [-0.2, 0) is 0 Å². The van der Waals surface area contributed by atoms with Gasteiger partial charge in [0.1, 0.15) is 0 Å². The van der Waals surface area contributed by atoms with Gasteiger partial charge in [0.05, 0.1) is 0 Å². The summed E-state index contributed by atoms with van der Waals surface area (Å²) in [5.41, 5.74) is 0. The Hall–Kier alpha value is -0.120. The highest BCUT2D eigenvalue weighted by atomic mass is 15.4. The van der Waals surface area contributed by atoms with E-state index in [0.717, 1.165) is 12.0 Å². The second kappa shape index (κ2) is 6.17. The highest BCUT2D eigenvalue weighted by Gasteiger charge is 2.36. The van der Waals surface area contributed by atoms with Gasteiger partial charge in [-0.3, -0.25) is 9.80 Å². The lowest BCUT2D eigenvalue weighted by Gasteiger charge is -2.50. The zero-order chi connectivity index (χ0) is 12.3. The summed E-state index contributed by atoms with van der Waals surface area (Å²) >= 11 is 0. The van der Waals surface area contributed by atoms with Gasteiger partial charge in [0.25, 0.3) is 0 Å². The van der Waals surface area contributed by atoms with Crippen LogP contribution in [0.15, 0.2) is 0 Å². The molecule has 0 spiro atoms. The van der Waals surface area contributed by atoms with Crippen LogP contribution in [0.3, 0.4) is 0 Å². The average molecular weight is 239 g/mol. The van der Waals surface area contributed by atoms with E-state index in [1.807, 2.05) is 0 Å². The fourth-order valence-electron chi connectivity index (χ4n) is 3.55. The summed E-state index contributed by atoms with van der Waals surface area (Å²) in [7, 11) is 2.14. The normalized spacial score (nSPS) is 35.8. The molecule has 3 nitrogen and oxygen atoms in total. The quantitative estimate of drug-likeness (QED) is 0.756. The van der Waals surface area contributed by atoms with Gasteiger partial charge in [-0.2, -0.15) is 0 Å². The van der Waals surface area contributed by atoms with Crippen LogP contribution in [-0.4, -0.2) is 61.7 Å². The van der Waals surface area contributed by atoms with Crippen LogP contribution in [0, 0.1) is 5.92 Å². The molecule has 100 valence electrons. The molecule has 0 amide bonds. The predicted octanol–water partition coefficient (Wildman–Crippen LogP) is 1.40. The second-order valence-electron chi connectivity index (χ2n) is 5.93. The van der Waals surface area contributed by atoms with Crippen molar-refractivity contribution < 1.29 is 0 Å². The van der Waals surface area contributed by atoms with E-state index in [2.05, 4.69) is 36.0 Å². The highest BCUT2D eigenvalue weighted by Crippen LogP contribution is 2.23. The van der Waals surface area contributed by atoms with E-state index in [1.54, 1.807) is 0 Å². The van der Waals surface area contributed by atoms with Gasteiger partial charge in [-0.15, -0.1) is 0 Å². The van der Waals surface area contributed by atoms with Gasteiger partial charge in [-0.25, -0.2) is 0 Å². The molecule has 3 saturated heterocycles. The Kier molecular flexibility index (Phi) is 4.83. The van der Waals surface area contributed by atoms with Crippen molar-refractivity contribution in [2.75, 3.05) is 39.8 Å². The number of fused-ring (bicyclic) bond motifs is 3. The Labute approximate surface area is 107 Å². The van der Waals surface area contributed by atoms with Gasteiger partial charge < -0.3 is 5.32 Å². The molecule has 3 aliphatic heterocycles. The van der Waals surface area contributed by atoms with E-state index in [-0.39, 0.29) is 0 Å². The summed E-state index contributed by atoms with van der Waals surface area (Å²) in [5.74, 6) is 0.856. The summed E-state index contributed by atoms with van der Waals surface area (Å²) in [6.45, 7) is 11.1. The molecule has 0 saturated carbocycles. The van der Waals surface area contributed by atoms with Crippen LogP contribution >= 0.6 is 0 Å². The molecule has 3 atom stereocenters. The van der Waals surface area contributed by atoms with E-state index < -0.39 is 0 Å². The molecule has 3 heteroatoms. The molecule has 2 bridgehead atoms. The van der Waals surface area contributed by atoms with Crippen molar-refractivity contribution in [3.8, 4) is 0 Å². The van der Waals surface area contributed by atoms with E-state index in [1.165, 1.54) is 52.0 Å². The highest BCUT2D eigenvalue weighted by molar-refractivity contribution is 4.94. The number of nitrogens with zero attached hydrogens (tertiary/aromatic N) is 2. The molecular formula is C14H29N3. The third-order valence-electron chi connectivity index (χ3n) is 4.59. The van der Waals surface area contributed by atoms with E-state index in [9.17, 15) is 0 Å². The number of nitrogens with one attached hydrogen (secondary N) is 1. The van der Waals surface area contributed by atoms with Crippen LogP contribution < -0.4 is 5.32 Å². The maximum Gasteiger partial charge on any atom is 0.0377 e. The zero-order valence-electron chi connectivity index (χ0n) is 11.8. The molecule has 3 heterocycles. The van der Waals surface area contributed by atoms with Gasteiger partial charge in [0.15, 0.2) is 0 Å². The van der Waals surface area contributed by atoms with Gasteiger partial charge in [0.2, 0.25) is 0 Å². The third kappa shape index (κ3) is 3.21. The summed E-state index contributed by atoms with van der Waals surface area (Å²) in [5, 5.41) is 3.58. The first-order chi connectivity index (χ1) is 8.24. The summed E-state index contributed by atoms with van der Waals surface area (Å²) < 4.78 is 0. The van der Waals surface area contributed by atoms with Crippen LogP contribution in [0.25, 0.3) is 0 Å². The van der Waals surface area contributed by atoms with Gasteiger partial charge in [-0.1, -0.05) is 26.7 Å². The number of hydrogen-bond acceptors (Lipinski definition) is 3. The lowest BCUT2D eigenvalue weighted by molar-refractivity contribution is -0.00555. The minimum absolute atomic E-state index is 0.680. The fraction of sp³-hybridized carbons (Fsp3) is 1.00. The van der Waals surface area contributed by atoms with E-state index >= 15 is 0 Å². The molecular weight excluding hydrogens is 210 g/mol. The summed E-state index contributed by atoms with van der Waals surface area (Å²) in [6, 6.07) is 1.43. The number of hydrogen-bond donors (Lipinski definition) is 1.